The first-order chi connectivity index (χ1) is 7.67. The molecule has 0 bridgehead atoms. The third kappa shape index (κ3) is 3.90. The third-order valence-corrected chi connectivity index (χ3v) is 2.77. The molecular weight excluding hydrogens is 220 g/mol. The monoisotopic (exact) mass is 238 g/mol. The number of hydrogen-bond donors (Lipinski definition) is 0. The maximum Gasteiger partial charge on any atom is 0.137 e. The lowest BCUT2D eigenvalue weighted by Crippen LogP contribution is -1.96. The summed E-state index contributed by atoms with van der Waals surface area (Å²) < 4.78 is 5.12. The first-order valence-corrected chi connectivity index (χ1v) is 6.04. The van der Waals surface area contributed by atoms with Crippen LogP contribution in [-0.2, 0) is 6.42 Å². The minimum Gasteiger partial charge on any atom is -0.495 e. The van der Waals surface area contributed by atoms with Crippen molar-refractivity contribution in [3.8, 4) is 5.75 Å². The van der Waals surface area contributed by atoms with Gasteiger partial charge in [0.2, 0.25) is 0 Å². The lowest BCUT2D eigenvalue weighted by molar-refractivity contribution is 0.415. The first kappa shape index (κ1) is 13.1. The van der Waals surface area contributed by atoms with Crippen LogP contribution in [-0.4, -0.2) is 7.11 Å². The summed E-state index contributed by atoms with van der Waals surface area (Å²) in [5.41, 5.74) is 1.25. The molecule has 0 heterocycles. The van der Waals surface area contributed by atoms with E-state index in [0.717, 1.165) is 18.6 Å². The molecule has 1 rings (SSSR count). The minimum absolute atomic E-state index is 0.546. The van der Waals surface area contributed by atoms with Gasteiger partial charge in [-0.1, -0.05) is 43.7 Å². The van der Waals surface area contributed by atoms with Gasteiger partial charge < -0.3 is 4.74 Å². The fourth-order valence-electron chi connectivity index (χ4n) is 1.65. The molecule has 88 valence electrons. The van der Waals surface area contributed by atoms with Crippen LogP contribution in [0.5, 0.6) is 5.75 Å². The fourth-order valence-corrected chi connectivity index (χ4v) is 1.93. The number of halogens is 1. The molecule has 0 fully saturated rings. The molecule has 1 nitrogen and oxygen atoms in total. The molecule has 1 atom stereocenters. The molecule has 0 aliphatic carbocycles. The molecule has 0 amide bonds. The zero-order valence-electron chi connectivity index (χ0n) is 10.2. The normalized spacial score (nSPS) is 13.0. The molecule has 1 unspecified atom stereocenters. The van der Waals surface area contributed by atoms with Crippen LogP contribution in [0.1, 0.15) is 25.8 Å². The maximum absolute atomic E-state index is 6.07. The Bertz CT molecular complexity index is 358. The highest BCUT2D eigenvalue weighted by atomic mass is 35.5. The van der Waals surface area contributed by atoms with Crippen LogP contribution in [0, 0.1) is 5.92 Å². The van der Waals surface area contributed by atoms with E-state index >= 15 is 0 Å². The minimum atomic E-state index is 0.546. The van der Waals surface area contributed by atoms with E-state index in [0.29, 0.717) is 10.9 Å². The molecular formula is C14H19ClO. The Kier molecular flexibility index (Phi) is 5.41. The number of rotatable bonds is 5. The Morgan fingerprint density at radius 1 is 1.44 bits per heavy atom. The predicted octanol–water partition coefficient (Wildman–Crippen LogP) is 4.49. The van der Waals surface area contributed by atoms with Crippen molar-refractivity contribution >= 4 is 11.6 Å². The van der Waals surface area contributed by atoms with Crippen molar-refractivity contribution in [3.05, 3.63) is 40.9 Å². The van der Waals surface area contributed by atoms with E-state index < -0.39 is 0 Å². The number of ether oxygens (including phenoxy) is 1. The zero-order chi connectivity index (χ0) is 12.0. The van der Waals surface area contributed by atoms with Crippen LogP contribution in [0.15, 0.2) is 30.4 Å². The molecule has 0 saturated heterocycles. The van der Waals surface area contributed by atoms with Gasteiger partial charge in [-0.3, -0.25) is 0 Å². The van der Waals surface area contributed by atoms with Gasteiger partial charge in [0.05, 0.1) is 12.1 Å². The highest BCUT2D eigenvalue weighted by Gasteiger charge is 2.04. The van der Waals surface area contributed by atoms with Gasteiger partial charge in [0.1, 0.15) is 5.75 Å². The summed E-state index contributed by atoms with van der Waals surface area (Å²) in [6.45, 7) is 4.36. The van der Waals surface area contributed by atoms with Crippen LogP contribution >= 0.6 is 11.6 Å². The molecule has 0 spiro atoms. The number of benzene rings is 1. The molecule has 0 saturated carbocycles. The van der Waals surface area contributed by atoms with Crippen LogP contribution in [0.4, 0.5) is 0 Å². The van der Waals surface area contributed by atoms with Crippen molar-refractivity contribution in [2.24, 2.45) is 5.92 Å². The highest BCUT2D eigenvalue weighted by Crippen LogP contribution is 2.26. The summed E-state index contributed by atoms with van der Waals surface area (Å²) in [4.78, 5) is 0. The first-order valence-electron chi connectivity index (χ1n) is 5.66. The Labute approximate surface area is 103 Å². The van der Waals surface area contributed by atoms with Crippen molar-refractivity contribution in [2.75, 3.05) is 7.11 Å². The molecule has 0 aliphatic rings. The molecule has 0 aliphatic heterocycles. The van der Waals surface area contributed by atoms with Crippen molar-refractivity contribution < 1.29 is 4.74 Å². The number of allylic oxidation sites excluding steroid dienone is 2. The van der Waals surface area contributed by atoms with Gasteiger partial charge in [0, 0.05) is 0 Å². The summed E-state index contributed by atoms with van der Waals surface area (Å²) >= 11 is 6.07. The number of hydrogen-bond acceptors (Lipinski definition) is 1. The van der Waals surface area contributed by atoms with Crippen molar-refractivity contribution in [2.45, 2.75) is 26.7 Å². The van der Waals surface area contributed by atoms with Gasteiger partial charge in [0.15, 0.2) is 0 Å². The van der Waals surface area contributed by atoms with Crippen molar-refractivity contribution in [3.63, 3.8) is 0 Å². The molecule has 2 heteroatoms. The molecule has 0 N–H and O–H groups in total. The van der Waals surface area contributed by atoms with Crippen molar-refractivity contribution in [1.29, 1.82) is 0 Å². The third-order valence-electron chi connectivity index (χ3n) is 2.47. The molecule has 0 radical (unpaired) electrons. The topological polar surface area (TPSA) is 9.23 Å². The van der Waals surface area contributed by atoms with Gasteiger partial charge in [-0.2, -0.15) is 0 Å². The molecule has 1 aromatic rings. The lowest BCUT2D eigenvalue weighted by Gasteiger charge is -2.09. The molecule has 16 heavy (non-hydrogen) atoms. The second-order valence-corrected chi connectivity index (χ2v) is 4.39. The zero-order valence-corrected chi connectivity index (χ0v) is 10.9. The summed E-state index contributed by atoms with van der Waals surface area (Å²) in [6, 6.07) is 5.98. The fraction of sp³-hybridized carbons (Fsp3) is 0.429. The van der Waals surface area contributed by atoms with Crippen LogP contribution < -0.4 is 4.74 Å². The summed E-state index contributed by atoms with van der Waals surface area (Å²) in [6.07, 6.45) is 6.56. The summed E-state index contributed by atoms with van der Waals surface area (Å²) in [7, 11) is 1.63. The van der Waals surface area contributed by atoms with E-state index in [1.807, 2.05) is 12.1 Å². The van der Waals surface area contributed by atoms with E-state index in [4.69, 9.17) is 16.3 Å². The lowest BCUT2D eigenvalue weighted by atomic mass is 10.0. The number of methoxy groups -OCH3 is 1. The smallest absolute Gasteiger partial charge is 0.137 e. The predicted molar refractivity (Wildman–Crippen MR) is 70.3 cm³/mol. The Hall–Kier alpha value is -0.950. The van der Waals surface area contributed by atoms with Crippen LogP contribution in [0.2, 0.25) is 5.02 Å². The SMILES string of the molecule is CC/C=C\C(C)Cc1ccc(OC)c(Cl)c1. The second-order valence-electron chi connectivity index (χ2n) is 3.99. The summed E-state index contributed by atoms with van der Waals surface area (Å²) in [5.74, 6) is 1.28. The van der Waals surface area contributed by atoms with Gasteiger partial charge in [-0.25, -0.2) is 0 Å². The quantitative estimate of drug-likeness (QED) is 0.687. The van der Waals surface area contributed by atoms with E-state index in [9.17, 15) is 0 Å². The van der Waals surface area contributed by atoms with Crippen LogP contribution in [0.3, 0.4) is 0 Å². The van der Waals surface area contributed by atoms with E-state index in [1.165, 1.54) is 5.56 Å². The maximum atomic E-state index is 6.07. The van der Waals surface area contributed by atoms with Gasteiger partial charge in [-0.15, -0.1) is 0 Å². The molecule has 1 aromatic carbocycles. The van der Waals surface area contributed by atoms with Crippen LogP contribution in [0.25, 0.3) is 0 Å². The second kappa shape index (κ2) is 6.59. The van der Waals surface area contributed by atoms with E-state index in [2.05, 4.69) is 32.1 Å². The van der Waals surface area contributed by atoms with Crippen molar-refractivity contribution in [1.82, 2.24) is 0 Å². The average molecular weight is 239 g/mol. The average Bonchev–Trinajstić information content (AvgIpc) is 2.26. The Morgan fingerprint density at radius 2 is 2.19 bits per heavy atom. The Balaban J connectivity index is 2.67. The molecule has 0 aromatic heterocycles. The van der Waals surface area contributed by atoms with Gasteiger partial charge >= 0.3 is 0 Å². The summed E-state index contributed by atoms with van der Waals surface area (Å²) in [5, 5.41) is 0.687. The van der Waals surface area contributed by atoms with Gasteiger partial charge in [0.25, 0.3) is 0 Å². The van der Waals surface area contributed by atoms with E-state index in [-0.39, 0.29) is 0 Å². The standard InChI is InChI=1S/C14H19ClO/c1-4-5-6-11(2)9-12-7-8-14(16-3)13(15)10-12/h5-8,10-11H,4,9H2,1-3H3/b6-5-. The highest BCUT2D eigenvalue weighted by molar-refractivity contribution is 6.32. The van der Waals surface area contributed by atoms with Gasteiger partial charge in [-0.05, 0) is 36.5 Å². The Morgan fingerprint density at radius 3 is 2.75 bits per heavy atom. The van der Waals surface area contributed by atoms with E-state index in [1.54, 1.807) is 7.11 Å². The largest absolute Gasteiger partial charge is 0.495 e.